The van der Waals surface area contributed by atoms with Crippen LogP contribution in [-0.2, 0) is 44.7 Å². The summed E-state index contributed by atoms with van der Waals surface area (Å²) in [5, 5.41) is -3.22. The molecule has 2 N–H and O–H groups in total. The van der Waals surface area contributed by atoms with Crippen molar-refractivity contribution >= 4 is 73.7 Å². The van der Waals surface area contributed by atoms with Gasteiger partial charge in [-0.05, 0) is 104 Å². The number of nitrogens with zero attached hydrogens (tertiary/aromatic N) is 5. The number of anilines is 1. The number of alkyl halides is 1. The van der Waals surface area contributed by atoms with E-state index >= 15 is 0 Å². The summed E-state index contributed by atoms with van der Waals surface area (Å²) in [7, 11) is 0. The number of Topliss-reactive ketones (excluding diaryl/α,β-unsaturated/α-hetero) is 1. The first-order chi connectivity index (χ1) is 24.1. The third-order valence-electron chi connectivity index (χ3n) is 7.57. The smallest absolute Gasteiger partial charge is 0.339 e. The van der Waals surface area contributed by atoms with Crippen molar-refractivity contribution in [2.75, 3.05) is 18.2 Å². The maximum atomic E-state index is 12.1. The third-order valence-corrected chi connectivity index (χ3v) is 7.76. The second-order valence-electron chi connectivity index (χ2n) is 11.4. The van der Waals surface area contributed by atoms with Gasteiger partial charge in [0.05, 0.1) is 6.61 Å². The Morgan fingerprint density at radius 2 is 1.63 bits per heavy atom. The van der Waals surface area contributed by atoms with Crippen LogP contribution in [0, 0.1) is 19.8 Å². The summed E-state index contributed by atoms with van der Waals surface area (Å²) >= 11 is 19.5. The van der Waals surface area contributed by atoms with Crippen LogP contribution >= 0.6 is 50.5 Å². The minimum atomic E-state index is -3.22. The maximum Gasteiger partial charge on any atom is 0.339 e. The number of halogens is 4. The van der Waals surface area contributed by atoms with Gasteiger partial charge in [0.1, 0.15) is 29.0 Å². The van der Waals surface area contributed by atoms with Gasteiger partial charge in [0.2, 0.25) is 0 Å². The van der Waals surface area contributed by atoms with E-state index in [9.17, 15) is 23.7 Å². The van der Waals surface area contributed by atoms with Crippen molar-refractivity contribution < 1.29 is 18.9 Å². The lowest BCUT2D eigenvalue weighted by molar-refractivity contribution is -0.144. The second kappa shape index (κ2) is 21.9. The minimum absolute atomic E-state index is 0.0150. The van der Waals surface area contributed by atoms with Gasteiger partial charge in [0.15, 0.2) is 0 Å². The molecule has 0 aliphatic carbocycles. The number of ketones is 1. The van der Waals surface area contributed by atoms with Gasteiger partial charge in [0.25, 0.3) is 11.1 Å². The number of carbonyl (C=O) groups is 2. The molecular weight excluding hydrogens is 761 g/mol. The average molecular weight is 805 g/mol. The number of cyclic esters (lactones) is 1. The molecule has 4 aromatic heterocycles. The molecule has 0 aromatic carbocycles. The zero-order valence-corrected chi connectivity index (χ0v) is 32.9. The van der Waals surface area contributed by atoms with Crippen LogP contribution in [0.25, 0.3) is 5.65 Å². The van der Waals surface area contributed by atoms with Crippen LogP contribution < -0.4 is 16.9 Å². The van der Waals surface area contributed by atoms with Crippen molar-refractivity contribution in [1.29, 1.82) is 0 Å². The number of ether oxygens (including phenoxy) is 1. The van der Waals surface area contributed by atoms with Crippen LogP contribution in [0.5, 0.6) is 0 Å². The lowest BCUT2D eigenvalue weighted by Crippen LogP contribution is -2.31. The molecule has 1 atom stereocenters. The molecule has 1 unspecified atom stereocenters. The molecule has 17 heteroatoms. The Labute approximate surface area is 316 Å². The van der Waals surface area contributed by atoms with Gasteiger partial charge in [-0.1, -0.05) is 25.5 Å². The highest BCUT2D eigenvalue weighted by Gasteiger charge is 2.30. The number of aromatic nitrogens is 5. The molecule has 4 aromatic rings. The lowest BCUT2D eigenvalue weighted by atomic mass is 10.1. The number of aryl methyl sites for hydroxylation is 3. The van der Waals surface area contributed by atoms with Gasteiger partial charge >= 0.3 is 11.2 Å². The van der Waals surface area contributed by atoms with E-state index in [1.54, 1.807) is 22.9 Å². The molecule has 2 aliphatic rings. The molecule has 0 saturated carbocycles. The van der Waals surface area contributed by atoms with Crippen molar-refractivity contribution in [3.8, 4) is 0 Å². The standard InChI is InChI=1S/C12H18N2O.C11H11ClN2O.C6H8O3.C5H6N2.Cl3OP/c1-3-6-10-9(2)13-11-7-4-5-8-14(11)12(10)15;1-8-9(5-6-12)11(15)14-7-3-2-4-10(14)13-8;1-4(7)5-2-3-9-6(5)8;6-5-3-1-2-4-7-5;1-5(2,3)4/h3-8H2,1-2H3;2-4,7H,5-6H2,1H3;5H,2-3H2,1H3;1-4H,(H2,6,7);. The summed E-state index contributed by atoms with van der Waals surface area (Å²) in [6.45, 7) is 8.58. The molecule has 1 saturated heterocycles. The Bertz CT molecular complexity index is 1910. The number of pyridine rings is 2. The zero-order valence-electron chi connectivity index (χ0n) is 29.0. The van der Waals surface area contributed by atoms with E-state index in [0.717, 1.165) is 55.0 Å². The summed E-state index contributed by atoms with van der Waals surface area (Å²) in [5.74, 6) is 1.09. The predicted octanol–water partition coefficient (Wildman–Crippen LogP) is 7.24. The summed E-state index contributed by atoms with van der Waals surface area (Å²) in [4.78, 5) is 58.0. The fourth-order valence-corrected chi connectivity index (χ4v) is 5.32. The molecule has 2 aliphatic heterocycles. The van der Waals surface area contributed by atoms with Crippen LogP contribution in [-0.4, -0.2) is 48.2 Å². The monoisotopic (exact) mass is 802 g/mol. The van der Waals surface area contributed by atoms with Gasteiger partial charge in [0, 0.05) is 60.2 Å². The SMILES string of the molecule is CC(=O)C1CCOC1=O.CCCc1c(C)nc2n(c1=O)CCCC2.Cc1nc2ccccn2c(=O)c1CCCl.Nc1ccccn1.O=P(Cl)(Cl)Cl. The Morgan fingerprint density at radius 3 is 2.14 bits per heavy atom. The Hall–Kier alpha value is -3.28. The average Bonchev–Trinajstić information content (AvgIpc) is 3.52. The molecule has 51 heavy (non-hydrogen) atoms. The molecule has 6 heterocycles. The molecule has 0 spiro atoms. The summed E-state index contributed by atoms with van der Waals surface area (Å²) in [6, 6.07) is 10.9. The number of hydrogen-bond acceptors (Lipinski definition) is 10. The lowest BCUT2D eigenvalue weighted by Gasteiger charge is -2.19. The highest BCUT2D eigenvalue weighted by Crippen LogP contribution is 2.61. The highest BCUT2D eigenvalue weighted by atomic mass is 36.0. The van der Waals surface area contributed by atoms with E-state index in [1.165, 1.54) is 13.3 Å². The largest absolute Gasteiger partial charge is 0.465 e. The molecule has 0 radical (unpaired) electrons. The molecule has 278 valence electrons. The van der Waals surface area contributed by atoms with Crippen LogP contribution in [0.2, 0.25) is 0 Å². The van der Waals surface area contributed by atoms with E-state index in [0.29, 0.717) is 42.4 Å². The molecule has 6 rings (SSSR count). The number of hydrogen-bond donors (Lipinski definition) is 1. The maximum absolute atomic E-state index is 12.1. The van der Waals surface area contributed by atoms with Gasteiger partial charge < -0.3 is 10.5 Å². The van der Waals surface area contributed by atoms with E-state index in [-0.39, 0.29) is 22.9 Å². The number of nitrogen functional groups attached to an aromatic ring is 1. The Balaban J connectivity index is 0.000000234. The summed E-state index contributed by atoms with van der Waals surface area (Å²) in [5.41, 5.74) is 9.45. The zero-order chi connectivity index (χ0) is 38.1. The van der Waals surface area contributed by atoms with Gasteiger partial charge in [-0.15, -0.1) is 11.6 Å². The molecule has 0 amide bonds. The fourth-order valence-electron chi connectivity index (χ4n) is 5.13. The molecule has 12 nitrogen and oxygen atoms in total. The number of carbonyl (C=O) groups excluding carboxylic acids is 2. The second-order valence-corrected chi connectivity index (χ2v) is 18.4. The van der Waals surface area contributed by atoms with E-state index in [4.69, 9.17) is 17.3 Å². The van der Waals surface area contributed by atoms with Crippen molar-refractivity contribution in [1.82, 2.24) is 23.9 Å². The van der Waals surface area contributed by atoms with Crippen molar-refractivity contribution in [3.63, 3.8) is 0 Å². The van der Waals surface area contributed by atoms with Crippen molar-refractivity contribution in [3.05, 3.63) is 97.8 Å². The van der Waals surface area contributed by atoms with E-state index in [2.05, 4.69) is 60.3 Å². The number of esters is 1. The van der Waals surface area contributed by atoms with Gasteiger partial charge in [-0.2, -0.15) is 0 Å². The highest BCUT2D eigenvalue weighted by molar-refractivity contribution is 8.24. The minimum Gasteiger partial charge on any atom is -0.465 e. The van der Waals surface area contributed by atoms with Crippen LogP contribution in [0.4, 0.5) is 5.82 Å². The quantitative estimate of drug-likeness (QED) is 0.0940. The normalized spacial score (nSPS) is 14.5. The third kappa shape index (κ3) is 15.1. The topological polar surface area (TPSA) is 169 Å². The molecular formula is C34H43Cl4N6O6P. The number of nitrogens with two attached hydrogens (primary N) is 1. The van der Waals surface area contributed by atoms with Gasteiger partial charge in [-0.25, -0.2) is 15.0 Å². The van der Waals surface area contributed by atoms with Crippen molar-refractivity contribution in [2.24, 2.45) is 5.92 Å². The van der Waals surface area contributed by atoms with Crippen LogP contribution in [0.15, 0.2) is 58.4 Å². The molecule has 1 fully saturated rings. The van der Waals surface area contributed by atoms with Gasteiger partial charge in [-0.3, -0.25) is 32.7 Å². The number of rotatable bonds is 5. The van der Waals surface area contributed by atoms with E-state index < -0.39 is 11.1 Å². The van der Waals surface area contributed by atoms with E-state index in [1.807, 2.05) is 48.7 Å². The summed E-state index contributed by atoms with van der Waals surface area (Å²) in [6.07, 6.45) is 9.63. The molecule has 0 bridgehead atoms. The van der Waals surface area contributed by atoms with Crippen LogP contribution in [0.1, 0.15) is 67.9 Å². The first kappa shape index (κ1) is 43.9. The van der Waals surface area contributed by atoms with Crippen LogP contribution in [0.3, 0.4) is 0 Å². The first-order valence-corrected chi connectivity index (χ1v) is 21.2. The predicted molar refractivity (Wildman–Crippen MR) is 204 cm³/mol. The first-order valence-electron chi connectivity index (χ1n) is 16.2. The number of fused-ring (bicyclic) bond motifs is 2. The fraction of sp³-hybridized carbons (Fsp3) is 0.441. The Morgan fingerprint density at radius 1 is 0.980 bits per heavy atom. The van der Waals surface area contributed by atoms with Crippen molar-refractivity contribution in [2.45, 2.75) is 79.2 Å². The summed E-state index contributed by atoms with van der Waals surface area (Å²) < 4.78 is 17.5. The Kier molecular flexibility index (Phi) is 18.9.